The second-order valence-corrected chi connectivity index (χ2v) is 6.81. The molecule has 0 aliphatic carbocycles. The molecule has 4 heterocycles. The maximum absolute atomic E-state index is 13.0. The second-order valence-electron chi connectivity index (χ2n) is 6.81. The van der Waals surface area contributed by atoms with Crippen LogP contribution in [0.3, 0.4) is 0 Å². The first-order chi connectivity index (χ1) is 13.8. The lowest BCUT2D eigenvalue weighted by Gasteiger charge is -2.19. The third-order valence-corrected chi connectivity index (χ3v) is 4.97. The Morgan fingerprint density at radius 1 is 1.04 bits per heavy atom. The number of fused-ring (bicyclic) bond motifs is 2. The van der Waals surface area contributed by atoms with Crippen molar-refractivity contribution in [2.45, 2.75) is 19.4 Å². The summed E-state index contributed by atoms with van der Waals surface area (Å²) in [5.74, 6) is 1.69. The summed E-state index contributed by atoms with van der Waals surface area (Å²) in [5, 5.41) is 8.89. The van der Waals surface area contributed by atoms with Gasteiger partial charge in [0.05, 0.1) is 12.7 Å². The van der Waals surface area contributed by atoms with Crippen molar-refractivity contribution in [1.29, 1.82) is 0 Å². The van der Waals surface area contributed by atoms with Crippen LogP contribution >= 0.6 is 0 Å². The largest absolute Gasteiger partial charge is 0.335 e. The van der Waals surface area contributed by atoms with Gasteiger partial charge in [0.1, 0.15) is 5.82 Å². The SMILES string of the molecule is O=C(c1cnc2cccnn12)N1CCc2nc(Cc3ccccc3)nn2CC1. The number of carbonyl (C=O) groups is 1. The first kappa shape index (κ1) is 16.6. The van der Waals surface area contributed by atoms with Crippen LogP contribution in [-0.4, -0.2) is 53.3 Å². The Hall–Kier alpha value is -3.55. The summed E-state index contributed by atoms with van der Waals surface area (Å²) in [6.07, 6.45) is 4.64. The van der Waals surface area contributed by atoms with E-state index in [1.165, 1.54) is 5.56 Å². The van der Waals surface area contributed by atoms with Crippen LogP contribution < -0.4 is 0 Å². The first-order valence-electron chi connectivity index (χ1n) is 9.32. The summed E-state index contributed by atoms with van der Waals surface area (Å²) in [7, 11) is 0. The van der Waals surface area contributed by atoms with Crippen LogP contribution in [0.2, 0.25) is 0 Å². The van der Waals surface area contributed by atoms with E-state index in [1.54, 1.807) is 23.0 Å². The highest BCUT2D eigenvalue weighted by Gasteiger charge is 2.24. The number of imidazole rings is 1. The molecule has 0 N–H and O–H groups in total. The van der Waals surface area contributed by atoms with E-state index < -0.39 is 0 Å². The van der Waals surface area contributed by atoms with Gasteiger partial charge in [-0.15, -0.1) is 0 Å². The minimum Gasteiger partial charge on any atom is -0.335 e. The molecule has 8 heteroatoms. The molecule has 1 aliphatic rings. The number of hydrogen-bond acceptors (Lipinski definition) is 5. The van der Waals surface area contributed by atoms with E-state index in [4.69, 9.17) is 4.98 Å². The third-order valence-electron chi connectivity index (χ3n) is 4.97. The number of nitrogens with zero attached hydrogens (tertiary/aromatic N) is 7. The van der Waals surface area contributed by atoms with Gasteiger partial charge in [-0.3, -0.25) is 4.79 Å². The van der Waals surface area contributed by atoms with Crippen molar-refractivity contribution in [2.24, 2.45) is 0 Å². The molecular weight excluding hydrogens is 354 g/mol. The van der Waals surface area contributed by atoms with Crippen LogP contribution in [-0.2, 0) is 19.4 Å². The average molecular weight is 373 g/mol. The van der Waals surface area contributed by atoms with Gasteiger partial charge in [-0.05, 0) is 17.7 Å². The van der Waals surface area contributed by atoms with Crippen LogP contribution in [0.5, 0.6) is 0 Å². The minimum atomic E-state index is -0.0681. The summed E-state index contributed by atoms with van der Waals surface area (Å²) in [4.78, 5) is 23.8. The lowest BCUT2D eigenvalue weighted by atomic mass is 10.1. The number of hydrogen-bond donors (Lipinski definition) is 0. The fourth-order valence-electron chi connectivity index (χ4n) is 3.55. The quantitative estimate of drug-likeness (QED) is 0.545. The fraction of sp³-hybridized carbons (Fsp3) is 0.250. The van der Waals surface area contributed by atoms with Gasteiger partial charge in [0.15, 0.2) is 17.2 Å². The van der Waals surface area contributed by atoms with Crippen molar-refractivity contribution in [2.75, 3.05) is 13.1 Å². The minimum absolute atomic E-state index is 0.0681. The predicted molar refractivity (Wildman–Crippen MR) is 102 cm³/mol. The molecule has 1 aromatic carbocycles. The zero-order valence-electron chi connectivity index (χ0n) is 15.3. The molecule has 0 saturated heterocycles. The maximum atomic E-state index is 13.0. The van der Waals surface area contributed by atoms with Gasteiger partial charge in [0.25, 0.3) is 5.91 Å². The van der Waals surface area contributed by atoms with Crippen LogP contribution in [0.25, 0.3) is 5.65 Å². The molecule has 140 valence electrons. The predicted octanol–water partition coefficient (Wildman–Crippen LogP) is 1.61. The summed E-state index contributed by atoms with van der Waals surface area (Å²) < 4.78 is 3.51. The number of carbonyl (C=O) groups excluding carboxylic acids is 1. The molecule has 28 heavy (non-hydrogen) atoms. The maximum Gasteiger partial charge on any atom is 0.274 e. The van der Waals surface area contributed by atoms with Crippen molar-refractivity contribution in [1.82, 2.24) is 34.3 Å². The molecule has 4 aromatic rings. The molecule has 0 bridgehead atoms. The van der Waals surface area contributed by atoms with Gasteiger partial charge in [0, 0.05) is 32.1 Å². The highest BCUT2D eigenvalue weighted by atomic mass is 16.2. The number of benzene rings is 1. The summed E-state index contributed by atoms with van der Waals surface area (Å²) >= 11 is 0. The average Bonchev–Trinajstić information content (AvgIpc) is 3.27. The molecule has 1 aliphatic heterocycles. The van der Waals surface area contributed by atoms with Crippen LogP contribution in [0.4, 0.5) is 0 Å². The lowest BCUT2D eigenvalue weighted by molar-refractivity contribution is 0.0750. The Kier molecular flexibility index (Phi) is 4.08. The van der Waals surface area contributed by atoms with Crippen LogP contribution in [0.1, 0.15) is 27.7 Å². The topological polar surface area (TPSA) is 81.2 Å². The van der Waals surface area contributed by atoms with Gasteiger partial charge < -0.3 is 4.90 Å². The van der Waals surface area contributed by atoms with Gasteiger partial charge in [-0.1, -0.05) is 30.3 Å². The molecule has 0 saturated carbocycles. The number of amides is 1. The Bertz CT molecular complexity index is 1110. The molecule has 3 aromatic heterocycles. The molecule has 5 rings (SSSR count). The molecule has 8 nitrogen and oxygen atoms in total. The summed E-state index contributed by atoms with van der Waals surface area (Å²) in [6, 6.07) is 13.8. The van der Waals surface area contributed by atoms with Gasteiger partial charge >= 0.3 is 0 Å². The van der Waals surface area contributed by atoms with Gasteiger partial charge in [0.2, 0.25) is 0 Å². The standard InChI is InChI=1S/C20H19N7O/c28-20(16-14-21-18-7-4-9-22-27(16)18)25-10-8-19-23-17(24-26(19)12-11-25)13-15-5-2-1-3-6-15/h1-7,9,14H,8,10-13H2. The van der Waals surface area contributed by atoms with E-state index in [2.05, 4.69) is 27.3 Å². The summed E-state index contributed by atoms with van der Waals surface area (Å²) in [6.45, 7) is 1.81. The molecule has 0 radical (unpaired) electrons. The normalized spacial score (nSPS) is 14.1. The highest BCUT2D eigenvalue weighted by Crippen LogP contribution is 2.13. The number of aromatic nitrogens is 6. The van der Waals surface area contributed by atoms with E-state index >= 15 is 0 Å². The third kappa shape index (κ3) is 3.02. The molecule has 1 amide bonds. The lowest BCUT2D eigenvalue weighted by Crippen LogP contribution is -2.34. The van der Waals surface area contributed by atoms with E-state index in [0.717, 1.165) is 18.1 Å². The first-order valence-corrected chi connectivity index (χ1v) is 9.32. The zero-order chi connectivity index (χ0) is 18.9. The molecule has 0 atom stereocenters. The zero-order valence-corrected chi connectivity index (χ0v) is 15.3. The van der Waals surface area contributed by atoms with E-state index in [-0.39, 0.29) is 5.91 Å². The monoisotopic (exact) mass is 373 g/mol. The van der Waals surface area contributed by atoms with Gasteiger partial charge in [-0.25, -0.2) is 19.2 Å². The molecule has 0 spiro atoms. The highest BCUT2D eigenvalue weighted by molar-refractivity contribution is 5.93. The number of rotatable bonds is 3. The van der Waals surface area contributed by atoms with Crippen LogP contribution in [0, 0.1) is 0 Å². The van der Waals surface area contributed by atoms with Crippen molar-refractivity contribution in [3.63, 3.8) is 0 Å². The Labute approximate surface area is 161 Å². The fourth-order valence-corrected chi connectivity index (χ4v) is 3.55. The van der Waals surface area contributed by atoms with Crippen molar-refractivity contribution >= 4 is 11.6 Å². The Morgan fingerprint density at radius 3 is 2.82 bits per heavy atom. The van der Waals surface area contributed by atoms with Crippen molar-refractivity contribution < 1.29 is 4.79 Å². The van der Waals surface area contributed by atoms with E-state index in [9.17, 15) is 4.79 Å². The smallest absolute Gasteiger partial charge is 0.274 e. The van der Waals surface area contributed by atoms with E-state index in [1.807, 2.05) is 33.8 Å². The molecule has 0 unspecified atom stereocenters. The molecule has 0 fully saturated rings. The van der Waals surface area contributed by atoms with Crippen LogP contribution in [0.15, 0.2) is 54.9 Å². The Balaban J connectivity index is 1.31. The van der Waals surface area contributed by atoms with Crippen molar-refractivity contribution in [3.05, 3.63) is 77.8 Å². The van der Waals surface area contributed by atoms with Gasteiger partial charge in [-0.2, -0.15) is 10.2 Å². The Morgan fingerprint density at radius 2 is 1.93 bits per heavy atom. The van der Waals surface area contributed by atoms with Crippen molar-refractivity contribution in [3.8, 4) is 0 Å². The second kappa shape index (κ2) is 6.88. The molecular formula is C20H19N7O. The van der Waals surface area contributed by atoms with E-state index in [0.29, 0.717) is 37.4 Å². The summed E-state index contributed by atoms with van der Waals surface area (Å²) in [5.41, 5.74) is 2.34.